The first-order valence-corrected chi connectivity index (χ1v) is 5.44. The van der Waals surface area contributed by atoms with Crippen molar-refractivity contribution in [2.24, 2.45) is 5.92 Å². The zero-order chi connectivity index (χ0) is 10.7. The lowest BCUT2D eigenvalue weighted by Crippen LogP contribution is -2.37. The first kappa shape index (κ1) is 10.4. The van der Waals surface area contributed by atoms with E-state index < -0.39 is 0 Å². The molecule has 1 fully saturated rings. The van der Waals surface area contributed by atoms with Gasteiger partial charge in [-0.25, -0.2) is 4.98 Å². The first-order valence-electron chi connectivity index (χ1n) is 5.44. The van der Waals surface area contributed by atoms with Gasteiger partial charge in [-0.2, -0.15) is 0 Å². The van der Waals surface area contributed by atoms with E-state index >= 15 is 0 Å². The van der Waals surface area contributed by atoms with Crippen LogP contribution in [0.1, 0.15) is 18.5 Å². The molecule has 1 aromatic rings. The zero-order valence-electron chi connectivity index (χ0n) is 9.06. The van der Waals surface area contributed by atoms with Gasteiger partial charge in [0.2, 0.25) is 0 Å². The number of aliphatic hydroxyl groups excluding tert-OH is 1. The van der Waals surface area contributed by atoms with Crippen LogP contribution < -0.4 is 4.90 Å². The summed E-state index contributed by atoms with van der Waals surface area (Å²) in [5, 5.41) is 9.15. The molecule has 2 heterocycles. The molecule has 0 spiro atoms. The van der Waals surface area contributed by atoms with Crippen molar-refractivity contribution in [2.45, 2.75) is 19.8 Å². The Morgan fingerprint density at radius 3 is 3.13 bits per heavy atom. The number of nitrogens with zero attached hydrogens (tertiary/aromatic N) is 3. The van der Waals surface area contributed by atoms with Crippen LogP contribution in [0.4, 0.5) is 5.82 Å². The van der Waals surface area contributed by atoms with Crippen molar-refractivity contribution in [1.82, 2.24) is 9.97 Å². The lowest BCUT2D eigenvalue weighted by atomic mass is 9.99. The SMILES string of the molecule is Cc1cncc(N2CCCC(CO)C2)n1. The maximum Gasteiger partial charge on any atom is 0.147 e. The molecule has 1 unspecified atom stereocenters. The van der Waals surface area contributed by atoms with E-state index in [4.69, 9.17) is 5.11 Å². The van der Waals surface area contributed by atoms with Crippen LogP contribution in [-0.4, -0.2) is 34.8 Å². The van der Waals surface area contributed by atoms with Crippen LogP contribution in [0, 0.1) is 12.8 Å². The summed E-state index contributed by atoms with van der Waals surface area (Å²) in [6.07, 6.45) is 5.80. The summed E-state index contributed by atoms with van der Waals surface area (Å²) < 4.78 is 0. The number of hydrogen-bond acceptors (Lipinski definition) is 4. The van der Waals surface area contributed by atoms with Crippen molar-refractivity contribution >= 4 is 5.82 Å². The Labute approximate surface area is 90.0 Å². The molecule has 1 N–H and O–H groups in total. The van der Waals surface area contributed by atoms with Crippen LogP contribution in [0.5, 0.6) is 0 Å². The number of aryl methyl sites for hydroxylation is 1. The molecule has 1 aliphatic rings. The summed E-state index contributed by atoms with van der Waals surface area (Å²) in [6.45, 7) is 4.14. The van der Waals surface area contributed by atoms with Gasteiger partial charge in [0.15, 0.2) is 0 Å². The Hall–Kier alpha value is -1.16. The largest absolute Gasteiger partial charge is 0.396 e. The molecule has 1 aliphatic heterocycles. The van der Waals surface area contributed by atoms with Crippen molar-refractivity contribution < 1.29 is 5.11 Å². The van der Waals surface area contributed by atoms with E-state index in [2.05, 4.69) is 14.9 Å². The molecule has 0 aromatic carbocycles. The molecule has 1 atom stereocenters. The van der Waals surface area contributed by atoms with Gasteiger partial charge in [-0.3, -0.25) is 4.98 Å². The normalized spacial score (nSPS) is 21.7. The predicted molar refractivity (Wildman–Crippen MR) is 58.8 cm³/mol. The number of hydrogen-bond donors (Lipinski definition) is 1. The van der Waals surface area contributed by atoms with Crippen molar-refractivity contribution in [2.75, 3.05) is 24.6 Å². The highest BCUT2D eigenvalue weighted by molar-refractivity contribution is 5.36. The Bertz CT molecular complexity index is 329. The van der Waals surface area contributed by atoms with E-state index in [0.717, 1.165) is 37.4 Å². The number of piperidine rings is 1. The Kier molecular flexibility index (Phi) is 3.16. The van der Waals surface area contributed by atoms with E-state index in [9.17, 15) is 0 Å². The topological polar surface area (TPSA) is 49.2 Å². The molecule has 15 heavy (non-hydrogen) atoms. The Morgan fingerprint density at radius 2 is 2.40 bits per heavy atom. The van der Waals surface area contributed by atoms with Gasteiger partial charge in [0.25, 0.3) is 0 Å². The van der Waals surface area contributed by atoms with E-state index in [0.29, 0.717) is 5.92 Å². The molecule has 4 heteroatoms. The molecule has 1 aromatic heterocycles. The third-order valence-corrected chi connectivity index (χ3v) is 2.84. The summed E-state index contributed by atoms with van der Waals surface area (Å²) in [6, 6.07) is 0. The minimum absolute atomic E-state index is 0.274. The van der Waals surface area contributed by atoms with Gasteiger partial charge < -0.3 is 10.0 Å². The van der Waals surface area contributed by atoms with E-state index in [1.807, 2.05) is 6.92 Å². The molecule has 1 saturated heterocycles. The van der Waals surface area contributed by atoms with E-state index in [1.54, 1.807) is 12.4 Å². The highest BCUT2D eigenvalue weighted by atomic mass is 16.3. The van der Waals surface area contributed by atoms with Gasteiger partial charge in [0, 0.05) is 25.9 Å². The number of rotatable bonds is 2. The minimum atomic E-state index is 0.274. The maximum atomic E-state index is 9.15. The standard InChI is InChI=1S/C11H17N3O/c1-9-5-12-6-11(13-9)14-4-2-3-10(7-14)8-15/h5-6,10,15H,2-4,7-8H2,1H3. The Morgan fingerprint density at radius 1 is 1.53 bits per heavy atom. The monoisotopic (exact) mass is 207 g/mol. The molecule has 0 aliphatic carbocycles. The van der Waals surface area contributed by atoms with Gasteiger partial charge >= 0.3 is 0 Å². The molecular weight excluding hydrogens is 190 g/mol. The summed E-state index contributed by atoms with van der Waals surface area (Å²) in [4.78, 5) is 10.8. The van der Waals surface area contributed by atoms with Gasteiger partial charge in [-0.15, -0.1) is 0 Å². The molecule has 4 nitrogen and oxygen atoms in total. The maximum absolute atomic E-state index is 9.15. The van der Waals surface area contributed by atoms with Gasteiger partial charge in [-0.05, 0) is 25.7 Å². The van der Waals surface area contributed by atoms with E-state index in [-0.39, 0.29) is 6.61 Å². The van der Waals surface area contributed by atoms with Crippen LogP contribution >= 0.6 is 0 Å². The van der Waals surface area contributed by atoms with Crippen LogP contribution in [0.3, 0.4) is 0 Å². The average molecular weight is 207 g/mol. The summed E-state index contributed by atoms with van der Waals surface area (Å²) in [7, 11) is 0. The zero-order valence-corrected chi connectivity index (χ0v) is 9.06. The predicted octanol–water partition coefficient (Wildman–Crippen LogP) is 0.994. The highest BCUT2D eigenvalue weighted by Gasteiger charge is 2.20. The number of anilines is 1. The number of aliphatic hydroxyl groups is 1. The molecule has 0 radical (unpaired) electrons. The number of aromatic nitrogens is 2. The second kappa shape index (κ2) is 4.57. The quantitative estimate of drug-likeness (QED) is 0.785. The molecule has 2 rings (SSSR count). The summed E-state index contributed by atoms with van der Waals surface area (Å²) in [5.74, 6) is 1.33. The summed E-state index contributed by atoms with van der Waals surface area (Å²) in [5.41, 5.74) is 0.943. The lowest BCUT2D eigenvalue weighted by Gasteiger charge is -2.32. The second-order valence-electron chi connectivity index (χ2n) is 4.16. The van der Waals surface area contributed by atoms with Gasteiger partial charge in [0.1, 0.15) is 5.82 Å². The van der Waals surface area contributed by atoms with Crippen molar-refractivity contribution in [1.29, 1.82) is 0 Å². The van der Waals surface area contributed by atoms with Crippen molar-refractivity contribution in [3.63, 3.8) is 0 Å². The smallest absolute Gasteiger partial charge is 0.147 e. The average Bonchev–Trinajstić information content (AvgIpc) is 2.29. The molecule has 82 valence electrons. The fourth-order valence-corrected chi connectivity index (χ4v) is 2.02. The fourth-order valence-electron chi connectivity index (χ4n) is 2.02. The second-order valence-corrected chi connectivity index (χ2v) is 4.16. The highest BCUT2D eigenvalue weighted by Crippen LogP contribution is 2.20. The third kappa shape index (κ3) is 2.45. The molecule has 0 amide bonds. The van der Waals surface area contributed by atoms with E-state index in [1.165, 1.54) is 0 Å². The molecular formula is C11H17N3O. The lowest BCUT2D eigenvalue weighted by molar-refractivity contribution is 0.208. The summed E-state index contributed by atoms with van der Waals surface area (Å²) >= 11 is 0. The molecule has 0 saturated carbocycles. The third-order valence-electron chi connectivity index (χ3n) is 2.84. The van der Waals surface area contributed by atoms with Crippen molar-refractivity contribution in [3.8, 4) is 0 Å². The van der Waals surface area contributed by atoms with Gasteiger partial charge in [0.05, 0.1) is 11.9 Å². The fraction of sp³-hybridized carbons (Fsp3) is 0.636. The Balaban J connectivity index is 2.09. The van der Waals surface area contributed by atoms with Crippen molar-refractivity contribution in [3.05, 3.63) is 18.1 Å². The minimum Gasteiger partial charge on any atom is -0.396 e. The molecule has 0 bridgehead atoms. The first-order chi connectivity index (χ1) is 7.29. The van der Waals surface area contributed by atoms with Crippen LogP contribution in [0.15, 0.2) is 12.4 Å². The van der Waals surface area contributed by atoms with Gasteiger partial charge in [-0.1, -0.05) is 0 Å². The van der Waals surface area contributed by atoms with Crippen LogP contribution in [-0.2, 0) is 0 Å². The van der Waals surface area contributed by atoms with Crippen LogP contribution in [0.2, 0.25) is 0 Å². The van der Waals surface area contributed by atoms with Crippen LogP contribution in [0.25, 0.3) is 0 Å².